The van der Waals surface area contributed by atoms with Crippen LogP contribution in [0.5, 0.6) is 0 Å². The fourth-order valence-corrected chi connectivity index (χ4v) is 3.38. The molecule has 0 saturated carbocycles. The van der Waals surface area contributed by atoms with Crippen molar-refractivity contribution in [2.24, 2.45) is 0 Å². The van der Waals surface area contributed by atoms with E-state index in [1.165, 1.54) is 12.8 Å². The number of nitrogens with zero attached hydrogens (tertiary/aromatic N) is 1. The third kappa shape index (κ3) is 6.23. The van der Waals surface area contributed by atoms with Crippen LogP contribution in [0.15, 0.2) is 0 Å². The van der Waals surface area contributed by atoms with Gasteiger partial charge in [0.15, 0.2) is 9.84 Å². The summed E-state index contributed by atoms with van der Waals surface area (Å²) in [7, 11) is -2.91. The molecular formula is C14H30N2O2S. The molecule has 114 valence electrons. The summed E-state index contributed by atoms with van der Waals surface area (Å²) in [6.45, 7) is 9.51. The van der Waals surface area contributed by atoms with Crippen LogP contribution in [-0.4, -0.2) is 56.5 Å². The summed E-state index contributed by atoms with van der Waals surface area (Å²) in [5, 5.41) is 3.23. The van der Waals surface area contributed by atoms with Crippen LogP contribution >= 0.6 is 0 Å². The first-order valence-corrected chi connectivity index (χ1v) is 9.34. The predicted octanol–water partition coefficient (Wildman–Crippen LogP) is 1.66. The molecule has 0 amide bonds. The molecule has 0 radical (unpaired) electrons. The highest BCUT2D eigenvalue weighted by Crippen LogP contribution is 2.09. The molecule has 1 unspecified atom stereocenters. The lowest BCUT2D eigenvalue weighted by atomic mass is 10.2. The van der Waals surface area contributed by atoms with Gasteiger partial charge in [0.2, 0.25) is 0 Å². The minimum atomic E-state index is -2.91. The van der Waals surface area contributed by atoms with Crippen LogP contribution in [0.4, 0.5) is 0 Å². The van der Waals surface area contributed by atoms with Crippen LogP contribution in [0.25, 0.3) is 0 Å². The first-order chi connectivity index (χ1) is 8.95. The number of hydrogen-bond acceptors (Lipinski definition) is 4. The summed E-state index contributed by atoms with van der Waals surface area (Å²) in [4.78, 5) is 2.33. The fourth-order valence-electron chi connectivity index (χ4n) is 2.39. The number of nitrogens with one attached hydrogen (secondary N) is 1. The van der Waals surface area contributed by atoms with Gasteiger partial charge in [-0.1, -0.05) is 13.3 Å². The van der Waals surface area contributed by atoms with E-state index in [9.17, 15) is 8.42 Å². The number of unbranched alkanes of at least 4 members (excludes halogenated alkanes) is 1. The van der Waals surface area contributed by atoms with Crippen molar-refractivity contribution in [3.05, 3.63) is 0 Å². The van der Waals surface area contributed by atoms with E-state index in [2.05, 4.69) is 17.1 Å². The van der Waals surface area contributed by atoms with Crippen LogP contribution in [0.2, 0.25) is 0 Å². The highest BCUT2D eigenvalue weighted by atomic mass is 32.2. The van der Waals surface area contributed by atoms with Gasteiger partial charge in [0, 0.05) is 19.1 Å². The molecule has 5 heteroatoms. The summed E-state index contributed by atoms with van der Waals surface area (Å²) in [5.74, 6) is 0.293. The number of sulfone groups is 1. The molecule has 1 atom stereocenters. The van der Waals surface area contributed by atoms with Crippen molar-refractivity contribution < 1.29 is 8.42 Å². The molecule has 1 aliphatic rings. The maximum Gasteiger partial charge on any atom is 0.153 e. The Hall–Kier alpha value is -0.130. The van der Waals surface area contributed by atoms with Gasteiger partial charge in [-0.15, -0.1) is 0 Å². The highest BCUT2D eigenvalue weighted by molar-refractivity contribution is 7.92. The normalized spacial score (nSPS) is 20.6. The molecule has 4 nitrogen and oxygen atoms in total. The second kappa shape index (κ2) is 8.22. The summed E-state index contributed by atoms with van der Waals surface area (Å²) < 4.78 is 23.8. The quantitative estimate of drug-likeness (QED) is 0.702. The molecule has 1 fully saturated rings. The zero-order valence-electron chi connectivity index (χ0n) is 12.7. The van der Waals surface area contributed by atoms with Gasteiger partial charge in [-0.25, -0.2) is 8.42 Å². The van der Waals surface area contributed by atoms with Gasteiger partial charge in [-0.2, -0.15) is 0 Å². The van der Waals surface area contributed by atoms with Crippen molar-refractivity contribution in [3.63, 3.8) is 0 Å². The maximum atomic E-state index is 11.9. The third-order valence-electron chi connectivity index (χ3n) is 3.88. The summed E-state index contributed by atoms with van der Waals surface area (Å²) in [6.07, 6.45) is 4.77. The van der Waals surface area contributed by atoms with Crippen molar-refractivity contribution in [1.82, 2.24) is 10.2 Å². The average Bonchev–Trinajstić information content (AvgIpc) is 2.85. The van der Waals surface area contributed by atoms with Crippen molar-refractivity contribution in [2.75, 3.05) is 31.9 Å². The fraction of sp³-hybridized carbons (Fsp3) is 1.00. The van der Waals surface area contributed by atoms with E-state index in [1.807, 2.05) is 0 Å². The first-order valence-electron chi connectivity index (χ1n) is 7.63. The molecule has 0 bridgehead atoms. The van der Waals surface area contributed by atoms with Gasteiger partial charge < -0.3 is 10.2 Å². The van der Waals surface area contributed by atoms with Gasteiger partial charge in [-0.3, -0.25) is 0 Å². The Labute approximate surface area is 118 Å². The molecule has 19 heavy (non-hydrogen) atoms. The van der Waals surface area contributed by atoms with Crippen LogP contribution in [0, 0.1) is 0 Å². The molecule has 1 heterocycles. The molecule has 0 aliphatic carbocycles. The molecule has 0 aromatic carbocycles. The van der Waals surface area contributed by atoms with E-state index in [1.54, 1.807) is 13.8 Å². The lowest BCUT2D eigenvalue weighted by molar-refractivity contribution is 0.258. The third-order valence-corrected chi connectivity index (χ3v) is 6.07. The Morgan fingerprint density at radius 1 is 1.32 bits per heavy atom. The smallest absolute Gasteiger partial charge is 0.153 e. The minimum Gasteiger partial charge on any atom is -0.313 e. The van der Waals surface area contributed by atoms with Crippen molar-refractivity contribution >= 4 is 9.84 Å². The number of hydrogen-bond donors (Lipinski definition) is 1. The van der Waals surface area contributed by atoms with Gasteiger partial charge >= 0.3 is 0 Å². The Balaban J connectivity index is 2.44. The lowest BCUT2D eigenvalue weighted by Crippen LogP contribution is -2.40. The van der Waals surface area contributed by atoms with Gasteiger partial charge in [0.05, 0.1) is 11.0 Å². The second-order valence-corrected chi connectivity index (χ2v) is 8.54. The molecule has 1 aliphatic heterocycles. The standard InChI is InChI=1S/C14H30N2O2S/c1-4-5-9-16(12-14-7-6-8-15-14)10-11-19(17,18)13(2)3/h13-15H,4-12H2,1-3H3. The monoisotopic (exact) mass is 290 g/mol. The summed E-state index contributed by atoms with van der Waals surface area (Å²) >= 11 is 0. The summed E-state index contributed by atoms with van der Waals surface area (Å²) in [5.41, 5.74) is 0. The van der Waals surface area contributed by atoms with Crippen molar-refractivity contribution in [3.8, 4) is 0 Å². The molecule has 1 rings (SSSR count). The van der Waals surface area contributed by atoms with Crippen LogP contribution < -0.4 is 5.32 Å². The zero-order valence-corrected chi connectivity index (χ0v) is 13.5. The second-order valence-electron chi connectivity index (χ2n) is 5.86. The molecule has 1 N–H and O–H groups in total. The van der Waals surface area contributed by atoms with Gasteiger partial charge in [0.25, 0.3) is 0 Å². The molecule has 0 aromatic heterocycles. The van der Waals surface area contributed by atoms with E-state index >= 15 is 0 Å². The Morgan fingerprint density at radius 3 is 2.58 bits per heavy atom. The SMILES string of the molecule is CCCCN(CCS(=O)(=O)C(C)C)CC1CCCN1. The molecule has 0 aromatic rings. The van der Waals surface area contributed by atoms with Crippen LogP contribution in [0.3, 0.4) is 0 Å². The van der Waals surface area contributed by atoms with Crippen LogP contribution in [0.1, 0.15) is 46.5 Å². The number of rotatable bonds is 9. The van der Waals surface area contributed by atoms with Gasteiger partial charge in [0.1, 0.15) is 0 Å². The first kappa shape index (κ1) is 16.9. The topological polar surface area (TPSA) is 49.4 Å². The zero-order chi connectivity index (χ0) is 14.3. The highest BCUT2D eigenvalue weighted by Gasteiger charge is 2.21. The average molecular weight is 290 g/mol. The van der Waals surface area contributed by atoms with E-state index in [4.69, 9.17) is 0 Å². The molecule has 0 spiro atoms. The van der Waals surface area contributed by atoms with Gasteiger partial charge in [-0.05, 0) is 46.2 Å². The minimum absolute atomic E-state index is 0.259. The van der Waals surface area contributed by atoms with Crippen molar-refractivity contribution in [2.45, 2.75) is 57.7 Å². The van der Waals surface area contributed by atoms with E-state index < -0.39 is 9.84 Å². The lowest BCUT2D eigenvalue weighted by Gasteiger charge is -2.25. The Morgan fingerprint density at radius 2 is 2.05 bits per heavy atom. The van der Waals surface area contributed by atoms with E-state index in [-0.39, 0.29) is 5.25 Å². The predicted molar refractivity (Wildman–Crippen MR) is 81.3 cm³/mol. The van der Waals surface area contributed by atoms with Crippen molar-refractivity contribution in [1.29, 1.82) is 0 Å². The van der Waals surface area contributed by atoms with E-state index in [0.29, 0.717) is 18.3 Å². The summed E-state index contributed by atoms with van der Waals surface area (Å²) in [6, 6.07) is 0.554. The van der Waals surface area contributed by atoms with Crippen LogP contribution in [-0.2, 0) is 9.84 Å². The van der Waals surface area contributed by atoms with E-state index in [0.717, 1.165) is 32.5 Å². The largest absolute Gasteiger partial charge is 0.313 e. The Bertz CT molecular complexity index is 335. The molecular weight excluding hydrogens is 260 g/mol. The maximum absolute atomic E-state index is 11.9. The Kier molecular flexibility index (Phi) is 7.32. The molecule has 1 saturated heterocycles.